The number of aromatic nitrogens is 1. The van der Waals surface area contributed by atoms with Gasteiger partial charge in [0.15, 0.2) is 0 Å². The summed E-state index contributed by atoms with van der Waals surface area (Å²) in [6.45, 7) is 11.4. The first-order chi connectivity index (χ1) is 16.7. The maximum absolute atomic E-state index is 13.2. The van der Waals surface area contributed by atoms with E-state index in [2.05, 4.69) is 88.5 Å². The van der Waals surface area contributed by atoms with Crippen LogP contribution in [0.15, 0.2) is 48.7 Å². The Morgan fingerprint density at radius 1 is 1.11 bits per heavy atom. The minimum absolute atomic E-state index is 0.0107. The molecule has 3 nitrogen and oxygen atoms in total. The van der Waals surface area contributed by atoms with Gasteiger partial charge in [0.2, 0.25) is 5.91 Å². The summed E-state index contributed by atoms with van der Waals surface area (Å²) in [5.74, 6) is 2.25. The van der Waals surface area contributed by atoms with Gasteiger partial charge >= 0.3 is 130 Å². The molecule has 6 atom stereocenters. The van der Waals surface area contributed by atoms with Crippen LogP contribution in [0.1, 0.15) is 78.8 Å². The quantitative estimate of drug-likeness (QED) is 0.353. The van der Waals surface area contributed by atoms with Crippen molar-refractivity contribution in [2.45, 2.75) is 79.2 Å². The summed E-state index contributed by atoms with van der Waals surface area (Å²) in [6.07, 6.45) is 13.4. The average molecular weight is 662 g/mol. The fourth-order valence-corrected chi connectivity index (χ4v) is 7.81. The molecule has 1 amide bonds. The molecule has 2 aromatic rings. The summed E-state index contributed by atoms with van der Waals surface area (Å²) in [7, 11) is 0. The number of hydrogen-bond donors (Lipinski definition) is 1. The molecule has 2 heterocycles. The number of amides is 1. The van der Waals surface area contributed by atoms with Crippen molar-refractivity contribution in [1.29, 1.82) is 0 Å². The minimum atomic E-state index is -0.291. The van der Waals surface area contributed by atoms with E-state index in [1.165, 1.54) is 33.5 Å². The Bertz CT molecular complexity index is 1060. The third kappa shape index (κ3) is 5.45. The van der Waals surface area contributed by atoms with E-state index in [1.807, 2.05) is 6.20 Å². The fraction of sp³-hybridized carbons (Fsp3) is 0.548. The van der Waals surface area contributed by atoms with Gasteiger partial charge in [-0.05, 0) is 32.1 Å². The fourth-order valence-electron chi connectivity index (χ4n) is 6.68. The van der Waals surface area contributed by atoms with E-state index in [0.29, 0.717) is 11.8 Å². The first-order valence-corrected chi connectivity index (χ1v) is 15.7. The van der Waals surface area contributed by atoms with Gasteiger partial charge in [0.1, 0.15) is 0 Å². The molecule has 0 spiro atoms. The van der Waals surface area contributed by atoms with Crippen molar-refractivity contribution in [2.24, 2.45) is 28.6 Å². The molecule has 1 aliphatic carbocycles. The van der Waals surface area contributed by atoms with Crippen molar-refractivity contribution in [2.75, 3.05) is 0 Å². The van der Waals surface area contributed by atoms with Crippen molar-refractivity contribution in [1.82, 2.24) is 10.3 Å². The maximum atomic E-state index is 13.2. The first-order valence-electron chi connectivity index (χ1n) is 13.5. The molecule has 35 heavy (non-hydrogen) atoms. The van der Waals surface area contributed by atoms with Crippen LogP contribution in [0.5, 0.6) is 0 Å². The van der Waals surface area contributed by atoms with Crippen LogP contribution in [0.3, 0.4) is 0 Å². The summed E-state index contributed by atoms with van der Waals surface area (Å²) in [5, 5.41) is 3.29. The number of carbonyl (C=O) groups excluding carboxylic acids is 1. The third-order valence-corrected chi connectivity index (χ3v) is 11.0. The number of nitrogens with one attached hydrogen (secondary N) is 1. The van der Waals surface area contributed by atoms with E-state index in [-0.39, 0.29) is 22.8 Å². The van der Waals surface area contributed by atoms with E-state index >= 15 is 0 Å². The number of rotatable bonds is 7. The number of hydrogen-bond acceptors (Lipinski definition) is 2. The SMILES string of the molecule is CC[C@]1(C)[C@@H](C)NC(=O)[C@]1(C)C[C@@H]1C[C@H](C)CC[C@H]1C/C=C/c1ccc(-c2ccc[c]([Tl])c2)cn1. The third-order valence-electron chi connectivity index (χ3n) is 9.61. The van der Waals surface area contributed by atoms with E-state index in [0.717, 1.165) is 56.6 Å². The molecule has 4 rings (SSSR count). The molecule has 1 N–H and O–H groups in total. The number of nitrogens with zero attached hydrogens (tertiary/aromatic N) is 1. The molecular weight excluding hydrogens is 621 g/mol. The van der Waals surface area contributed by atoms with Gasteiger partial charge in [-0.2, -0.15) is 0 Å². The number of allylic oxidation sites excluding steroid dienone is 1. The molecule has 4 heteroatoms. The number of benzene rings is 1. The van der Waals surface area contributed by atoms with Crippen molar-refractivity contribution < 1.29 is 4.79 Å². The summed E-state index contributed by atoms with van der Waals surface area (Å²) >= 11 is 0.853. The Morgan fingerprint density at radius 2 is 1.91 bits per heavy atom. The van der Waals surface area contributed by atoms with Crippen LogP contribution >= 0.6 is 0 Å². The molecule has 1 aromatic carbocycles. The summed E-state index contributed by atoms with van der Waals surface area (Å²) in [5.41, 5.74) is 3.18. The Balaban J connectivity index is 1.44. The van der Waals surface area contributed by atoms with Gasteiger partial charge in [0.25, 0.3) is 0 Å². The Hall–Kier alpha value is -1.50. The number of pyridine rings is 1. The van der Waals surface area contributed by atoms with Gasteiger partial charge in [-0.1, -0.05) is 34.1 Å². The second-order valence-electron chi connectivity index (χ2n) is 11.7. The van der Waals surface area contributed by atoms with Crippen LogP contribution in [0, 0.1) is 28.6 Å². The zero-order valence-corrected chi connectivity index (χ0v) is 26.7. The Morgan fingerprint density at radius 3 is 2.60 bits per heavy atom. The van der Waals surface area contributed by atoms with E-state index < -0.39 is 0 Å². The second-order valence-corrected chi connectivity index (χ2v) is 14.3. The molecule has 2 aliphatic rings. The average Bonchev–Trinajstić information content (AvgIpc) is 3.00. The predicted molar refractivity (Wildman–Crippen MR) is 147 cm³/mol. The number of carbonyl (C=O) groups is 1. The summed E-state index contributed by atoms with van der Waals surface area (Å²) in [6, 6.07) is 13.3. The van der Waals surface area contributed by atoms with Crippen LogP contribution < -0.4 is 8.44 Å². The Labute approximate surface area is 228 Å². The summed E-state index contributed by atoms with van der Waals surface area (Å²) in [4.78, 5) is 17.9. The predicted octanol–water partition coefficient (Wildman–Crippen LogP) is 6.33. The van der Waals surface area contributed by atoms with Crippen LogP contribution in [0.25, 0.3) is 17.2 Å². The van der Waals surface area contributed by atoms with Gasteiger partial charge in [-0.25, -0.2) is 0 Å². The van der Waals surface area contributed by atoms with Gasteiger partial charge in [-0.15, -0.1) is 0 Å². The first kappa shape index (κ1) is 26.6. The van der Waals surface area contributed by atoms with Crippen molar-refractivity contribution in [3.8, 4) is 11.1 Å². The second kappa shape index (κ2) is 10.9. The van der Waals surface area contributed by atoms with Crippen molar-refractivity contribution in [3.63, 3.8) is 0 Å². The monoisotopic (exact) mass is 662 g/mol. The van der Waals surface area contributed by atoms with Crippen LogP contribution in [0.4, 0.5) is 0 Å². The molecular formula is C31H41N2OTl. The molecule has 0 radical (unpaired) electrons. The molecule has 1 aliphatic heterocycles. The Kier molecular flexibility index (Phi) is 8.24. The molecule has 1 aromatic heterocycles. The molecule has 2 fully saturated rings. The van der Waals surface area contributed by atoms with Crippen molar-refractivity contribution >= 4 is 40.9 Å². The van der Waals surface area contributed by atoms with E-state index in [9.17, 15) is 4.79 Å². The molecule has 1 saturated heterocycles. The van der Waals surface area contributed by atoms with Gasteiger partial charge in [-0.3, -0.25) is 4.79 Å². The molecule has 0 bridgehead atoms. The molecule has 0 unspecified atom stereocenters. The van der Waals surface area contributed by atoms with Gasteiger partial charge in [0, 0.05) is 11.5 Å². The van der Waals surface area contributed by atoms with E-state index in [1.54, 1.807) is 0 Å². The zero-order valence-electron chi connectivity index (χ0n) is 22.2. The molecule has 1 saturated carbocycles. The normalized spacial score (nSPS) is 33.2. The topological polar surface area (TPSA) is 42.0 Å². The van der Waals surface area contributed by atoms with Crippen LogP contribution in [0.2, 0.25) is 0 Å². The van der Waals surface area contributed by atoms with Crippen molar-refractivity contribution in [3.05, 3.63) is 54.4 Å². The summed E-state index contributed by atoms with van der Waals surface area (Å²) < 4.78 is 1.43. The molecule has 184 valence electrons. The van der Waals surface area contributed by atoms with Gasteiger partial charge < -0.3 is 5.32 Å². The standard InChI is InChI=1S/C31H41N2O.Tl/c1-6-30(4)23(3)33-29(34)31(30,5)20-27-19-22(2)15-16-25(27)13-10-14-28-18-17-26(21-32-28)24-11-8-7-9-12-24;/h7-8,10-12,14,17-18,21-23,25,27H,6,13,15-16,19-20H2,1-5H3,(H,33,34);/b14-10+;/t22-,23-,25-,27+,30-,31+;/m1./s1. The zero-order chi connectivity index (χ0) is 25.2. The van der Waals surface area contributed by atoms with Gasteiger partial charge in [0.05, 0.1) is 5.41 Å². The van der Waals surface area contributed by atoms with Crippen LogP contribution in [-0.2, 0) is 4.79 Å². The van der Waals surface area contributed by atoms with E-state index in [4.69, 9.17) is 4.98 Å². The van der Waals surface area contributed by atoms with Crippen LogP contribution in [-0.4, -0.2) is 42.7 Å².